The molecule has 18 heteroatoms. The fourth-order valence-electron chi connectivity index (χ4n) is 8.87. The maximum Gasteiger partial charge on any atom is 0.338 e. The van der Waals surface area contributed by atoms with Crippen molar-refractivity contribution in [2.24, 2.45) is 5.73 Å². The second kappa shape index (κ2) is 34.8. The minimum Gasteiger partial charge on any atom is -0.456 e. The second-order valence-corrected chi connectivity index (χ2v) is 22.4. The van der Waals surface area contributed by atoms with Gasteiger partial charge in [-0.25, -0.2) is 9.59 Å². The third kappa shape index (κ3) is 23.5. The largest absolute Gasteiger partial charge is 0.456 e. The maximum absolute atomic E-state index is 12.5. The van der Waals surface area contributed by atoms with Gasteiger partial charge in [-0.05, 0) is 182 Å². The Morgan fingerprint density at radius 2 is 0.869 bits per heavy atom. The molecule has 16 nitrogen and oxygen atoms in total. The van der Waals surface area contributed by atoms with E-state index in [1.165, 1.54) is 0 Å². The molecule has 84 heavy (non-hydrogen) atoms. The summed E-state index contributed by atoms with van der Waals surface area (Å²) in [4.78, 5) is 55.2. The SMILES string of the molecule is Brc1ccncc1.C.C.C.C.CC(C)(C)OC(=O)c1ccc(N2CC[C@H](N)C2)cc1.CC(C)(C)OC(=O)c1ccc(N2CC[C@H](Nc3ccncc3)C2)cc1.Cl.Nc1ccccc1NC(=O)c1ccc(N2CC[C@H](Nc3ccncc3)C2)cc1. The van der Waals surface area contributed by atoms with Crippen LogP contribution in [0.3, 0.4) is 0 Å². The molecule has 3 atom stereocenters. The smallest absolute Gasteiger partial charge is 0.338 e. The molecule has 7 aromatic rings. The van der Waals surface area contributed by atoms with Gasteiger partial charge in [0.15, 0.2) is 0 Å². The van der Waals surface area contributed by atoms with Gasteiger partial charge in [0.25, 0.3) is 5.91 Å². The number of amides is 1. The second-order valence-electron chi connectivity index (χ2n) is 21.5. The monoisotopic (exact) mass is 1230 g/mol. The number of halogens is 2. The van der Waals surface area contributed by atoms with E-state index in [1.807, 2.05) is 163 Å². The average molecular weight is 1230 g/mol. The highest BCUT2D eigenvalue weighted by Crippen LogP contribution is 2.27. The summed E-state index contributed by atoms with van der Waals surface area (Å²) >= 11 is 3.27. The molecule has 7 N–H and O–H groups in total. The van der Waals surface area contributed by atoms with Crippen molar-refractivity contribution in [3.63, 3.8) is 0 Å². The van der Waals surface area contributed by atoms with E-state index in [2.05, 4.69) is 61.5 Å². The Morgan fingerprint density at radius 1 is 0.512 bits per heavy atom. The summed E-state index contributed by atoms with van der Waals surface area (Å²) in [7, 11) is 0. The number of ether oxygens (including phenoxy) is 2. The molecular formula is C66H91BrClN11O5. The molecular weight excluding hydrogens is 1140 g/mol. The normalized spacial score (nSPS) is 15.7. The molecule has 4 aromatic carbocycles. The molecule has 0 unspecified atom stereocenters. The van der Waals surface area contributed by atoms with Gasteiger partial charge in [-0.15, -0.1) is 12.4 Å². The lowest BCUT2D eigenvalue weighted by Gasteiger charge is -2.21. The number of nitrogens with two attached hydrogens (primary N) is 2. The van der Waals surface area contributed by atoms with E-state index in [4.69, 9.17) is 20.9 Å². The van der Waals surface area contributed by atoms with Crippen molar-refractivity contribution in [1.29, 1.82) is 0 Å². The summed E-state index contributed by atoms with van der Waals surface area (Å²) < 4.78 is 11.8. The number of para-hydroxylation sites is 2. The van der Waals surface area contributed by atoms with E-state index in [1.54, 1.807) is 49.3 Å². The highest BCUT2D eigenvalue weighted by molar-refractivity contribution is 9.10. The van der Waals surface area contributed by atoms with Gasteiger partial charge in [0, 0.05) is 133 Å². The Morgan fingerprint density at radius 3 is 1.21 bits per heavy atom. The molecule has 1 amide bonds. The van der Waals surface area contributed by atoms with Gasteiger partial charge in [-0.3, -0.25) is 19.7 Å². The first kappa shape index (κ1) is 72.4. The summed E-state index contributed by atoms with van der Waals surface area (Å²) in [5.74, 6) is -0.724. The first-order chi connectivity index (χ1) is 37.8. The number of hydrogen-bond donors (Lipinski definition) is 5. The maximum atomic E-state index is 12.5. The fraction of sp³-hybridized carbons (Fsp3) is 0.364. The molecule has 3 fully saturated rings. The minimum absolute atomic E-state index is 0. The van der Waals surface area contributed by atoms with Gasteiger partial charge in [0.2, 0.25) is 0 Å². The highest BCUT2D eigenvalue weighted by Gasteiger charge is 2.26. The standard InChI is InChI=1S/C22H23N5O.C20H25N3O2.C15H22N2O2.C5H4BrN.4CH4.ClH/c23-20-3-1-2-4-21(20)26-22(28)16-5-7-19(8-6-16)27-14-11-18(15-27)25-17-9-12-24-13-10-17;1-20(2,3)25-19(24)15-4-6-18(7-5-15)23-13-10-17(14-23)22-16-8-11-21-12-9-16;1-15(2,3)19-14(18)11-4-6-13(7-5-11)17-9-8-12(16)10-17;6-5-1-3-7-4-2-5;;;;;/h1-10,12-13,18H,11,14-15,23H2,(H,24,25)(H,26,28);4-9,11-12,17H,10,13-14H2,1-3H3,(H,21,22);4-7,12H,8-10,16H2,1-3H3;1-4H;4*1H4;1H/t18-;17-;12-;;;;;;/m000....../s1. The number of nitrogen functional groups attached to an aromatic ring is 1. The van der Waals surface area contributed by atoms with Gasteiger partial charge in [0.05, 0.1) is 22.5 Å². The summed E-state index contributed by atoms with van der Waals surface area (Å²) in [6, 6.07) is 42.9. The Bertz CT molecular complexity index is 3010. The molecule has 0 saturated carbocycles. The van der Waals surface area contributed by atoms with Crippen LogP contribution in [0.2, 0.25) is 0 Å². The van der Waals surface area contributed by atoms with Crippen LogP contribution in [0.15, 0.2) is 175 Å². The fourth-order valence-corrected chi connectivity index (χ4v) is 9.10. The summed E-state index contributed by atoms with van der Waals surface area (Å²) in [6.45, 7) is 16.9. The van der Waals surface area contributed by atoms with Crippen LogP contribution in [0.25, 0.3) is 0 Å². The van der Waals surface area contributed by atoms with Crippen LogP contribution in [-0.2, 0) is 9.47 Å². The van der Waals surface area contributed by atoms with Crippen molar-refractivity contribution >= 4 is 86.0 Å². The number of carbonyl (C=O) groups excluding carboxylic acids is 3. The van der Waals surface area contributed by atoms with Gasteiger partial charge in [-0.2, -0.15) is 0 Å². The molecule has 3 aliphatic rings. The molecule has 0 radical (unpaired) electrons. The Kier molecular flexibility index (Phi) is 30.0. The highest BCUT2D eigenvalue weighted by atomic mass is 79.9. The molecule has 0 spiro atoms. The number of nitrogens with one attached hydrogen (secondary N) is 3. The number of nitrogens with zero attached hydrogens (tertiary/aromatic N) is 6. The Balaban J connectivity index is 0.000000399. The molecule has 3 saturated heterocycles. The van der Waals surface area contributed by atoms with Gasteiger partial charge < -0.3 is 51.6 Å². The van der Waals surface area contributed by atoms with Crippen molar-refractivity contribution in [2.45, 2.75) is 120 Å². The predicted molar refractivity (Wildman–Crippen MR) is 356 cm³/mol. The zero-order valence-corrected chi connectivity index (χ0v) is 48.8. The molecule has 0 bridgehead atoms. The number of hydrogen-bond acceptors (Lipinski definition) is 15. The zero-order chi connectivity index (χ0) is 56.4. The number of esters is 2. The zero-order valence-electron chi connectivity index (χ0n) is 46.4. The van der Waals surface area contributed by atoms with Crippen LogP contribution >= 0.6 is 28.3 Å². The Labute approximate surface area is 515 Å². The number of carbonyl (C=O) groups is 3. The van der Waals surface area contributed by atoms with E-state index < -0.39 is 11.2 Å². The van der Waals surface area contributed by atoms with Crippen molar-refractivity contribution < 1.29 is 23.9 Å². The van der Waals surface area contributed by atoms with E-state index in [0.717, 1.165) is 91.4 Å². The van der Waals surface area contributed by atoms with Crippen molar-refractivity contribution in [1.82, 2.24) is 15.0 Å². The quantitative estimate of drug-likeness (QED) is 0.0603. The molecule has 3 aromatic heterocycles. The average Bonchev–Trinajstić information content (AvgIpc) is 4.40. The number of rotatable bonds is 11. The van der Waals surface area contributed by atoms with Crippen LogP contribution in [-0.4, -0.2) is 101 Å². The van der Waals surface area contributed by atoms with Crippen LogP contribution in [0.4, 0.5) is 39.8 Å². The van der Waals surface area contributed by atoms with Gasteiger partial charge >= 0.3 is 11.9 Å². The third-order valence-electron chi connectivity index (χ3n) is 12.8. The van der Waals surface area contributed by atoms with E-state index in [0.29, 0.717) is 40.1 Å². The van der Waals surface area contributed by atoms with Crippen molar-refractivity contribution in [3.8, 4) is 0 Å². The first-order valence-electron chi connectivity index (χ1n) is 26.7. The molecule has 0 aliphatic carbocycles. The van der Waals surface area contributed by atoms with E-state index in [-0.39, 0.29) is 66.0 Å². The molecule has 10 rings (SSSR count). The van der Waals surface area contributed by atoms with Crippen LogP contribution in [0.1, 0.15) is 122 Å². The number of anilines is 7. The Hall–Kier alpha value is -7.73. The number of aromatic nitrogens is 3. The predicted octanol–water partition coefficient (Wildman–Crippen LogP) is 14.3. The van der Waals surface area contributed by atoms with Crippen LogP contribution in [0, 0.1) is 0 Å². The van der Waals surface area contributed by atoms with E-state index >= 15 is 0 Å². The minimum atomic E-state index is -0.476. The van der Waals surface area contributed by atoms with Crippen molar-refractivity contribution in [2.75, 3.05) is 75.7 Å². The van der Waals surface area contributed by atoms with Gasteiger partial charge in [0.1, 0.15) is 11.2 Å². The first-order valence-corrected chi connectivity index (χ1v) is 27.5. The lowest BCUT2D eigenvalue weighted by atomic mass is 10.1. The van der Waals surface area contributed by atoms with Gasteiger partial charge in [-0.1, -0.05) is 57.8 Å². The van der Waals surface area contributed by atoms with Crippen molar-refractivity contribution in [3.05, 3.63) is 192 Å². The topological polar surface area (TPSA) is 206 Å². The summed E-state index contributed by atoms with van der Waals surface area (Å²) in [5.41, 5.74) is 19.4. The lowest BCUT2D eigenvalue weighted by molar-refractivity contribution is 0.00570. The summed E-state index contributed by atoms with van der Waals surface area (Å²) in [6.07, 6.45) is 13.8. The number of benzene rings is 4. The number of pyridine rings is 3. The molecule has 6 heterocycles. The summed E-state index contributed by atoms with van der Waals surface area (Å²) in [5, 5.41) is 9.94. The molecule has 3 aliphatic heterocycles. The third-order valence-corrected chi connectivity index (χ3v) is 13.3. The van der Waals surface area contributed by atoms with E-state index in [9.17, 15) is 14.4 Å². The molecule has 454 valence electrons. The lowest BCUT2D eigenvalue weighted by Crippen LogP contribution is -2.26. The van der Waals surface area contributed by atoms with Crippen LogP contribution in [0.5, 0.6) is 0 Å². The van der Waals surface area contributed by atoms with Crippen LogP contribution < -0.4 is 42.1 Å².